The van der Waals surface area contributed by atoms with Crippen LogP contribution >= 0.6 is 11.8 Å². The Morgan fingerprint density at radius 1 is 0.933 bits per heavy atom. The molecule has 5 heteroatoms. The predicted octanol–water partition coefficient (Wildman–Crippen LogP) is 4.68. The second-order valence-electron chi connectivity index (χ2n) is 7.54. The zero-order chi connectivity index (χ0) is 21.8. The summed E-state index contributed by atoms with van der Waals surface area (Å²) < 4.78 is 0. The highest BCUT2D eigenvalue weighted by molar-refractivity contribution is 7.99. The molecule has 0 saturated heterocycles. The van der Waals surface area contributed by atoms with E-state index >= 15 is 0 Å². The van der Waals surface area contributed by atoms with Crippen molar-refractivity contribution in [3.05, 3.63) is 71.8 Å². The second kappa shape index (κ2) is 13.1. The Kier molecular flexibility index (Phi) is 10.5. The predicted molar refractivity (Wildman–Crippen MR) is 126 cm³/mol. The summed E-state index contributed by atoms with van der Waals surface area (Å²) >= 11 is 1.60. The summed E-state index contributed by atoms with van der Waals surface area (Å²) in [6.07, 6.45) is 2.21. The van der Waals surface area contributed by atoms with Crippen LogP contribution in [-0.4, -0.2) is 41.1 Å². The van der Waals surface area contributed by atoms with E-state index in [9.17, 15) is 9.59 Å². The van der Waals surface area contributed by atoms with E-state index in [0.717, 1.165) is 18.6 Å². The molecule has 2 aromatic rings. The van der Waals surface area contributed by atoms with Crippen LogP contribution in [-0.2, 0) is 21.8 Å². The third-order valence-electron chi connectivity index (χ3n) is 5.21. The number of nitrogens with one attached hydrogen (secondary N) is 1. The summed E-state index contributed by atoms with van der Waals surface area (Å²) in [5, 5.41) is 3.06. The van der Waals surface area contributed by atoms with Crippen LogP contribution in [0.1, 0.15) is 44.7 Å². The standard InChI is InChI=1S/C25H34N2O2S/c1-4-20(3)26-25(29)23(5-2)27(17-16-21-12-8-6-9-13-21)24(28)19-30-18-22-14-10-7-11-15-22/h6-15,20,23H,4-5,16-19H2,1-3H3,(H,26,29)/t20-,23+/m1/s1. The first kappa shape index (κ1) is 24.0. The van der Waals surface area contributed by atoms with Crippen LogP contribution in [0.2, 0.25) is 0 Å². The summed E-state index contributed by atoms with van der Waals surface area (Å²) in [5.41, 5.74) is 2.37. The average Bonchev–Trinajstić information content (AvgIpc) is 2.77. The van der Waals surface area contributed by atoms with E-state index in [1.807, 2.05) is 57.2 Å². The molecule has 0 aliphatic heterocycles. The average molecular weight is 427 g/mol. The number of thioether (sulfide) groups is 1. The summed E-state index contributed by atoms with van der Waals surface area (Å²) in [6.45, 7) is 6.56. The van der Waals surface area contributed by atoms with Crippen molar-refractivity contribution in [2.75, 3.05) is 12.3 Å². The highest BCUT2D eigenvalue weighted by Gasteiger charge is 2.28. The molecule has 1 N–H and O–H groups in total. The molecule has 0 aromatic heterocycles. The maximum atomic E-state index is 13.1. The number of benzene rings is 2. The molecule has 0 aliphatic carbocycles. The zero-order valence-corrected chi connectivity index (χ0v) is 19.2. The fourth-order valence-electron chi connectivity index (χ4n) is 3.25. The Labute approximate surface area is 185 Å². The van der Waals surface area contributed by atoms with E-state index < -0.39 is 6.04 Å². The second-order valence-corrected chi connectivity index (χ2v) is 8.53. The highest BCUT2D eigenvalue weighted by atomic mass is 32.2. The van der Waals surface area contributed by atoms with Crippen molar-refractivity contribution >= 4 is 23.6 Å². The molecule has 0 unspecified atom stereocenters. The van der Waals surface area contributed by atoms with Gasteiger partial charge in [0.15, 0.2) is 0 Å². The van der Waals surface area contributed by atoms with Crippen LogP contribution in [0.4, 0.5) is 0 Å². The molecule has 2 amide bonds. The molecule has 2 atom stereocenters. The molecule has 0 radical (unpaired) electrons. The lowest BCUT2D eigenvalue weighted by Crippen LogP contribution is -2.52. The van der Waals surface area contributed by atoms with Crippen molar-refractivity contribution in [2.24, 2.45) is 0 Å². The molecule has 0 aliphatic rings. The minimum Gasteiger partial charge on any atom is -0.352 e. The van der Waals surface area contributed by atoms with Gasteiger partial charge in [-0.25, -0.2) is 0 Å². The number of hydrogen-bond acceptors (Lipinski definition) is 3. The Bertz CT molecular complexity index is 767. The van der Waals surface area contributed by atoms with Crippen molar-refractivity contribution in [1.29, 1.82) is 0 Å². The fourth-order valence-corrected chi connectivity index (χ4v) is 4.12. The van der Waals surface area contributed by atoms with Gasteiger partial charge in [-0.3, -0.25) is 9.59 Å². The highest BCUT2D eigenvalue weighted by Crippen LogP contribution is 2.16. The lowest BCUT2D eigenvalue weighted by molar-refractivity contribution is -0.139. The number of amides is 2. The first-order valence-corrected chi connectivity index (χ1v) is 12.0. The molecule has 2 aromatic carbocycles. The fraction of sp³-hybridized carbons (Fsp3) is 0.440. The minimum absolute atomic E-state index is 0.0259. The third kappa shape index (κ3) is 7.86. The molecule has 0 fully saturated rings. The van der Waals surface area contributed by atoms with E-state index in [4.69, 9.17) is 0 Å². The van der Waals surface area contributed by atoms with E-state index in [2.05, 4.69) is 29.6 Å². The maximum absolute atomic E-state index is 13.1. The first-order chi connectivity index (χ1) is 14.5. The number of carbonyl (C=O) groups is 2. The van der Waals surface area contributed by atoms with E-state index in [1.165, 1.54) is 11.1 Å². The normalized spacial score (nSPS) is 12.8. The lowest BCUT2D eigenvalue weighted by Gasteiger charge is -2.31. The molecule has 4 nitrogen and oxygen atoms in total. The van der Waals surface area contributed by atoms with Gasteiger partial charge in [0.25, 0.3) is 0 Å². The first-order valence-electron chi connectivity index (χ1n) is 10.8. The van der Waals surface area contributed by atoms with Gasteiger partial charge >= 0.3 is 0 Å². The minimum atomic E-state index is -0.437. The molecule has 0 bridgehead atoms. The Morgan fingerprint density at radius 2 is 1.53 bits per heavy atom. The van der Waals surface area contributed by atoms with Gasteiger partial charge in [0, 0.05) is 18.3 Å². The third-order valence-corrected chi connectivity index (χ3v) is 6.20. The molecule has 30 heavy (non-hydrogen) atoms. The van der Waals surface area contributed by atoms with Crippen LogP contribution in [0.15, 0.2) is 60.7 Å². The van der Waals surface area contributed by atoms with Gasteiger partial charge in [-0.1, -0.05) is 74.5 Å². The van der Waals surface area contributed by atoms with Crippen molar-refractivity contribution in [2.45, 2.75) is 57.9 Å². The van der Waals surface area contributed by atoms with Crippen molar-refractivity contribution in [3.8, 4) is 0 Å². The Morgan fingerprint density at radius 3 is 2.10 bits per heavy atom. The molecule has 0 heterocycles. The van der Waals surface area contributed by atoms with Crippen LogP contribution < -0.4 is 5.32 Å². The van der Waals surface area contributed by atoms with Crippen molar-refractivity contribution in [3.63, 3.8) is 0 Å². The zero-order valence-electron chi connectivity index (χ0n) is 18.3. The number of rotatable bonds is 12. The van der Waals surface area contributed by atoms with Crippen molar-refractivity contribution in [1.82, 2.24) is 10.2 Å². The van der Waals surface area contributed by atoms with E-state index in [1.54, 1.807) is 16.7 Å². The quantitative estimate of drug-likeness (QED) is 0.536. The van der Waals surface area contributed by atoms with Crippen LogP contribution in [0.3, 0.4) is 0 Å². The molecule has 2 rings (SSSR count). The van der Waals surface area contributed by atoms with Gasteiger partial charge in [0.2, 0.25) is 11.8 Å². The van der Waals surface area contributed by atoms with Gasteiger partial charge in [0.1, 0.15) is 6.04 Å². The SMILES string of the molecule is CC[C@@H](C)NC(=O)[C@H](CC)N(CCc1ccccc1)C(=O)CSCc1ccccc1. The van der Waals surface area contributed by atoms with Crippen LogP contribution in [0.25, 0.3) is 0 Å². The van der Waals surface area contributed by atoms with Gasteiger partial charge in [-0.2, -0.15) is 0 Å². The summed E-state index contributed by atoms with van der Waals surface area (Å²) in [7, 11) is 0. The summed E-state index contributed by atoms with van der Waals surface area (Å²) in [6, 6.07) is 19.9. The largest absolute Gasteiger partial charge is 0.352 e. The molecular weight excluding hydrogens is 392 g/mol. The molecule has 0 saturated carbocycles. The van der Waals surface area contributed by atoms with E-state index in [0.29, 0.717) is 18.7 Å². The Balaban J connectivity index is 2.05. The van der Waals surface area contributed by atoms with Crippen LogP contribution in [0, 0.1) is 0 Å². The summed E-state index contributed by atoms with van der Waals surface area (Å²) in [5.74, 6) is 1.13. The molecule has 0 spiro atoms. The number of hydrogen-bond donors (Lipinski definition) is 1. The van der Waals surface area contributed by atoms with Gasteiger partial charge in [0.05, 0.1) is 5.75 Å². The van der Waals surface area contributed by atoms with Gasteiger partial charge < -0.3 is 10.2 Å². The monoisotopic (exact) mass is 426 g/mol. The van der Waals surface area contributed by atoms with Crippen molar-refractivity contribution < 1.29 is 9.59 Å². The summed E-state index contributed by atoms with van der Waals surface area (Å²) in [4.78, 5) is 27.8. The molecular formula is C25H34N2O2S. The maximum Gasteiger partial charge on any atom is 0.243 e. The lowest BCUT2D eigenvalue weighted by atomic mass is 10.1. The molecule has 162 valence electrons. The Hall–Kier alpha value is -2.27. The van der Waals surface area contributed by atoms with Crippen LogP contribution in [0.5, 0.6) is 0 Å². The van der Waals surface area contributed by atoms with E-state index in [-0.39, 0.29) is 17.9 Å². The number of nitrogens with zero attached hydrogens (tertiary/aromatic N) is 1. The smallest absolute Gasteiger partial charge is 0.243 e. The van der Waals surface area contributed by atoms with Gasteiger partial charge in [-0.15, -0.1) is 11.8 Å². The topological polar surface area (TPSA) is 49.4 Å². The number of carbonyl (C=O) groups excluding carboxylic acids is 2. The van der Waals surface area contributed by atoms with Gasteiger partial charge in [-0.05, 0) is 37.3 Å².